The predicted molar refractivity (Wildman–Crippen MR) is 75.9 cm³/mol. The second kappa shape index (κ2) is 8.31. The highest BCUT2D eigenvalue weighted by molar-refractivity contribution is 4.86. The Hall–Kier alpha value is -0.900. The van der Waals surface area contributed by atoms with Gasteiger partial charge in [0.2, 0.25) is 11.8 Å². The van der Waals surface area contributed by atoms with E-state index in [2.05, 4.69) is 22.4 Å². The number of nitrogens with zero attached hydrogens (tertiary/aromatic N) is 2. The van der Waals surface area contributed by atoms with E-state index in [1.807, 2.05) is 0 Å². The number of unbranched alkanes of at least 4 members (excludes halogenated alkanes) is 6. The average molecular weight is 265 g/mol. The number of nitrogens with one attached hydrogen (secondary N) is 1. The topological polar surface area (TPSA) is 51.0 Å². The molecule has 0 radical (unpaired) electrons. The van der Waals surface area contributed by atoms with E-state index >= 15 is 0 Å². The van der Waals surface area contributed by atoms with Crippen molar-refractivity contribution in [3.05, 3.63) is 11.8 Å². The second-order valence-electron chi connectivity index (χ2n) is 5.62. The molecular formula is C15H27N3O. The molecule has 1 aromatic rings. The largest absolute Gasteiger partial charge is 0.424 e. The highest BCUT2D eigenvalue weighted by Gasteiger charge is 2.21. The monoisotopic (exact) mass is 265 g/mol. The van der Waals surface area contributed by atoms with E-state index in [1.54, 1.807) is 0 Å². The molecule has 1 aliphatic rings. The Kier molecular flexibility index (Phi) is 6.34. The van der Waals surface area contributed by atoms with Gasteiger partial charge in [-0.1, -0.05) is 45.4 Å². The molecule has 1 aromatic heterocycles. The standard InChI is InChI=1S/C15H27N3O/c1-2-3-4-5-6-7-8-9-14-17-18-15(19-14)12-16-13-10-11-13/h13,16H,2-12H2,1H3. The van der Waals surface area contributed by atoms with Gasteiger partial charge in [0.15, 0.2) is 0 Å². The van der Waals surface area contributed by atoms with Crippen LogP contribution in [0.25, 0.3) is 0 Å². The molecule has 0 spiro atoms. The van der Waals surface area contributed by atoms with Crippen molar-refractivity contribution in [2.75, 3.05) is 0 Å². The molecule has 19 heavy (non-hydrogen) atoms. The molecule has 1 aliphatic carbocycles. The summed E-state index contributed by atoms with van der Waals surface area (Å²) in [6.07, 6.45) is 12.8. The van der Waals surface area contributed by atoms with Crippen molar-refractivity contribution in [2.45, 2.75) is 83.7 Å². The molecule has 2 rings (SSSR count). The van der Waals surface area contributed by atoms with Crippen LogP contribution in [0.2, 0.25) is 0 Å². The minimum absolute atomic E-state index is 0.693. The van der Waals surface area contributed by atoms with E-state index in [9.17, 15) is 0 Å². The average Bonchev–Trinajstić information content (AvgIpc) is 3.15. The lowest BCUT2D eigenvalue weighted by Gasteiger charge is -1.99. The first-order chi connectivity index (χ1) is 9.38. The van der Waals surface area contributed by atoms with E-state index in [4.69, 9.17) is 4.42 Å². The van der Waals surface area contributed by atoms with Crippen molar-refractivity contribution in [1.82, 2.24) is 15.5 Å². The van der Waals surface area contributed by atoms with E-state index in [-0.39, 0.29) is 0 Å². The summed E-state index contributed by atoms with van der Waals surface area (Å²) >= 11 is 0. The fraction of sp³-hybridized carbons (Fsp3) is 0.867. The minimum atomic E-state index is 0.693. The summed E-state index contributed by atoms with van der Waals surface area (Å²) in [6.45, 7) is 2.99. The Balaban J connectivity index is 1.50. The third-order valence-corrected chi connectivity index (χ3v) is 3.62. The molecule has 4 heteroatoms. The smallest absolute Gasteiger partial charge is 0.230 e. The second-order valence-corrected chi connectivity index (χ2v) is 5.62. The zero-order valence-corrected chi connectivity index (χ0v) is 12.2. The van der Waals surface area contributed by atoms with Crippen molar-refractivity contribution < 1.29 is 4.42 Å². The van der Waals surface area contributed by atoms with Gasteiger partial charge in [0.1, 0.15) is 0 Å². The van der Waals surface area contributed by atoms with Gasteiger partial charge in [-0.05, 0) is 19.3 Å². The molecule has 1 heterocycles. The van der Waals surface area contributed by atoms with Crippen LogP contribution in [0.3, 0.4) is 0 Å². The molecule has 1 saturated carbocycles. The summed E-state index contributed by atoms with van der Waals surface area (Å²) in [5.41, 5.74) is 0. The van der Waals surface area contributed by atoms with Gasteiger partial charge in [0.25, 0.3) is 0 Å². The van der Waals surface area contributed by atoms with Gasteiger partial charge in [-0.3, -0.25) is 0 Å². The van der Waals surface area contributed by atoms with Crippen LogP contribution in [0.4, 0.5) is 0 Å². The maximum Gasteiger partial charge on any atom is 0.230 e. The minimum Gasteiger partial charge on any atom is -0.424 e. The Morgan fingerprint density at radius 2 is 1.68 bits per heavy atom. The van der Waals surface area contributed by atoms with Crippen molar-refractivity contribution >= 4 is 0 Å². The third kappa shape index (κ3) is 6.19. The first-order valence-electron chi connectivity index (χ1n) is 7.93. The normalized spacial score (nSPS) is 15.0. The van der Waals surface area contributed by atoms with E-state index in [0.29, 0.717) is 6.04 Å². The molecular weight excluding hydrogens is 238 g/mol. The quantitative estimate of drug-likeness (QED) is 0.621. The molecule has 1 fully saturated rings. The Labute approximate surface area is 116 Å². The van der Waals surface area contributed by atoms with Crippen LogP contribution in [0.15, 0.2) is 4.42 Å². The van der Waals surface area contributed by atoms with Crippen LogP contribution in [-0.4, -0.2) is 16.2 Å². The van der Waals surface area contributed by atoms with Crippen molar-refractivity contribution in [1.29, 1.82) is 0 Å². The summed E-state index contributed by atoms with van der Waals surface area (Å²) in [7, 11) is 0. The summed E-state index contributed by atoms with van der Waals surface area (Å²) in [5, 5.41) is 11.6. The van der Waals surface area contributed by atoms with E-state index in [0.717, 1.165) is 24.7 Å². The molecule has 0 saturated heterocycles. The Morgan fingerprint density at radius 3 is 2.42 bits per heavy atom. The molecule has 4 nitrogen and oxygen atoms in total. The highest BCUT2D eigenvalue weighted by atomic mass is 16.4. The maximum absolute atomic E-state index is 5.62. The fourth-order valence-electron chi connectivity index (χ4n) is 2.21. The molecule has 0 bridgehead atoms. The van der Waals surface area contributed by atoms with Crippen molar-refractivity contribution in [2.24, 2.45) is 0 Å². The van der Waals surface area contributed by atoms with Gasteiger partial charge in [-0.25, -0.2) is 0 Å². The molecule has 108 valence electrons. The fourth-order valence-corrected chi connectivity index (χ4v) is 2.21. The predicted octanol–water partition coefficient (Wildman–Crippen LogP) is 3.61. The van der Waals surface area contributed by atoms with Crippen LogP contribution in [0.5, 0.6) is 0 Å². The van der Waals surface area contributed by atoms with Crippen LogP contribution in [0, 0.1) is 0 Å². The van der Waals surface area contributed by atoms with Gasteiger partial charge in [-0.15, -0.1) is 10.2 Å². The summed E-state index contributed by atoms with van der Waals surface area (Å²) < 4.78 is 5.62. The number of hydrogen-bond acceptors (Lipinski definition) is 4. The van der Waals surface area contributed by atoms with Crippen LogP contribution in [-0.2, 0) is 13.0 Å². The first-order valence-corrected chi connectivity index (χ1v) is 7.93. The van der Waals surface area contributed by atoms with Crippen LogP contribution in [0.1, 0.15) is 76.5 Å². The molecule has 0 aromatic carbocycles. The molecule has 1 N–H and O–H groups in total. The SMILES string of the molecule is CCCCCCCCCc1nnc(CNC2CC2)o1. The summed E-state index contributed by atoms with van der Waals surface area (Å²) in [5.74, 6) is 1.55. The van der Waals surface area contributed by atoms with E-state index < -0.39 is 0 Å². The van der Waals surface area contributed by atoms with Gasteiger partial charge < -0.3 is 9.73 Å². The molecule has 0 atom stereocenters. The van der Waals surface area contributed by atoms with Gasteiger partial charge in [0.05, 0.1) is 6.54 Å². The van der Waals surface area contributed by atoms with Crippen molar-refractivity contribution in [3.8, 4) is 0 Å². The first kappa shape index (κ1) is 14.5. The van der Waals surface area contributed by atoms with Crippen LogP contribution < -0.4 is 5.32 Å². The lowest BCUT2D eigenvalue weighted by Crippen LogP contribution is -2.15. The number of aryl methyl sites for hydroxylation is 1. The van der Waals surface area contributed by atoms with Gasteiger partial charge in [0, 0.05) is 12.5 Å². The third-order valence-electron chi connectivity index (χ3n) is 3.62. The molecule has 0 aliphatic heterocycles. The molecule has 0 unspecified atom stereocenters. The van der Waals surface area contributed by atoms with Crippen LogP contribution >= 0.6 is 0 Å². The lowest BCUT2D eigenvalue weighted by atomic mass is 10.1. The zero-order valence-electron chi connectivity index (χ0n) is 12.2. The number of rotatable bonds is 11. The Bertz CT molecular complexity index is 347. The van der Waals surface area contributed by atoms with E-state index in [1.165, 1.54) is 57.8 Å². The molecule has 0 amide bonds. The number of aromatic nitrogens is 2. The number of hydrogen-bond donors (Lipinski definition) is 1. The maximum atomic E-state index is 5.62. The van der Waals surface area contributed by atoms with Gasteiger partial charge in [-0.2, -0.15) is 0 Å². The highest BCUT2D eigenvalue weighted by Crippen LogP contribution is 2.19. The van der Waals surface area contributed by atoms with Gasteiger partial charge >= 0.3 is 0 Å². The summed E-state index contributed by atoms with van der Waals surface area (Å²) in [6, 6.07) is 0.693. The van der Waals surface area contributed by atoms with Crippen molar-refractivity contribution in [3.63, 3.8) is 0 Å². The zero-order chi connectivity index (χ0) is 13.3. The summed E-state index contributed by atoms with van der Waals surface area (Å²) in [4.78, 5) is 0. The Morgan fingerprint density at radius 1 is 1.00 bits per heavy atom. The lowest BCUT2D eigenvalue weighted by molar-refractivity contribution is 0.424.